The molecule has 0 bridgehead atoms. The van der Waals surface area contributed by atoms with Crippen LogP contribution in [-0.2, 0) is 0 Å². The van der Waals surface area contributed by atoms with Gasteiger partial charge in [-0.25, -0.2) is 8.78 Å². The van der Waals surface area contributed by atoms with Crippen molar-refractivity contribution in [1.29, 1.82) is 0 Å². The van der Waals surface area contributed by atoms with Crippen molar-refractivity contribution in [3.63, 3.8) is 0 Å². The second-order valence-electron chi connectivity index (χ2n) is 6.98. The SMILES string of the molecule is CC1CCCC2CC(c3ccc(F)c(F)c3)CCC2C1. The molecule has 2 fully saturated rings. The Kier molecular flexibility index (Phi) is 4.09. The molecular weight excluding hydrogens is 254 g/mol. The lowest BCUT2D eigenvalue weighted by Crippen LogP contribution is -2.24. The molecule has 0 nitrogen and oxygen atoms in total. The molecule has 1 aromatic rings. The highest BCUT2D eigenvalue weighted by Gasteiger charge is 2.33. The molecule has 4 atom stereocenters. The van der Waals surface area contributed by atoms with Gasteiger partial charge >= 0.3 is 0 Å². The van der Waals surface area contributed by atoms with Crippen molar-refractivity contribution in [2.24, 2.45) is 17.8 Å². The van der Waals surface area contributed by atoms with Crippen molar-refractivity contribution in [2.75, 3.05) is 0 Å². The highest BCUT2D eigenvalue weighted by molar-refractivity contribution is 5.22. The molecule has 0 aliphatic heterocycles. The lowest BCUT2D eigenvalue weighted by atomic mass is 9.69. The summed E-state index contributed by atoms with van der Waals surface area (Å²) >= 11 is 0. The number of hydrogen-bond donors (Lipinski definition) is 0. The Bertz CT molecular complexity index is 468. The lowest BCUT2D eigenvalue weighted by Gasteiger charge is -2.36. The van der Waals surface area contributed by atoms with Crippen molar-refractivity contribution in [1.82, 2.24) is 0 Å². The molecule has 0 heterocycles. The van der Waals surface area contributed by atoms with Crippen LogP contribution in [0, 0.1) is 29.4 Å². The lowest BCUT2D eigenvalue weighted by molar-refractivity contribution is 0.193. The van der Waals surface area contributed by atoms with E-state index in [2.05, 4.69) is 6.92 Å². The van der Waals surface area contributed by atoms with Crippen LogP contribution in [0.1, 0.15) is 63.4 Å². The van der Waals surface area contributed by atoms with Crippen molar-refractivity contribution >= 4 is 0 Å². The summed E-state index contributed by atoms with van der Waals surface area (Å²) in [4.78, 5) is 0. The molecule has 3 rings (SSSR count). The third-order valence-electron chi connectivity index (χ3n) is 5.53. The fraction of sp³-hybridized carbons (Fsp3) is 0.667. The summed E-state index contributed by atoms with van der Waals surface area (Å²) in [6.07, 6.45) is 8.97. The van der Waals surface area contributed by atoms with E-state index in [-0.39, 0.29) is 0 Å². The van der Waals surface area contributed by atoms with Crippen molar-refractivity contribution in [3.8, 4) is 0 Å². The maximum Gasteiger partial charge on any atom is 0.159 e. The van der Waals surface area contributed by atoms with Gasteiger partial charge in [-0.15, -0.1) is 0 Å². The number of hydrogen-bond acceptors (Lipinski definition) is 0. The summed E-state index contributed by atoms with van der Waals surface area (Å²) in [6, 6.07) is 4.48. The highest BCUT2D eigenvalue weighted by Crippen LogP contribution is 2.46. The quantitative estimate of drug-likeness (QED) is 0.620. The first-order valence-corrected chi connectivity index (χ1v) is 8.08. The van der Waals surface area contributed by atoms with E-state index in [1.807, 2.05) is 0 Å². The average Bonchev–Trinajstić information content (AvgIpc) is 2.61. The third-order valence-corrected chi connectivity index (χ3v) is 5.53. The molecule has 2 aliphatic carbocycles. The maximum atomic E-state index is 13.4. The second-order valence-corrected chi connectivity index (χ2v) is 6.98. The van der Waals surface area contributed by atoms with Crippen molar-refractivity contribution in [2.45, 2.75) is 57.8 Å². The smallest absolute Gasteiger partial charge is 0.159 e. The monoisotopic (exact) mass is 278 g/mol. The van der Waals surface area contributed by atoms with E-state index in [1.165, 1.54) is 50.7 Å². The first-order chi connectivity index (χ1) is 9.63. The Morgan fingerprint density at radius 1 is 0.900 bits per heavy atom. The van der Waals surface area contributed by atoms with Crippen molar-refractivity contribution < 1.29 is 8.78 Å². The number of rotatable bonds is 1. The summed E-state index contributed by atoms with van der Waals surface area (Å²) in [5.41, 5.74) is 1.000. The minimum Gasteiger partial charge on any atom is -0.204 e. The molecule has 0 spiro atoms. The molecule has 20 heavy (non-hydrogen) atoms. The standard InChI is InChI=1S/C18H24F2/c1-12-3-2-4-13-10-15(6-5-14(13)9-12)16-7-8-17(19)18(20)11-16/h7-8,11-15H,2-6,9-10H2,1H3. The molecule has 0 N–H and O–H groups in total. The van der Waals surface area contributed by atoms with Gasteiger partial charge in [0, 0.05) is 0 Å². The minimum atomic E-state index is -0.731. The van der Waals surface area contributed by atoms with Gasteiger partial charge in [-0.1, -0.05) is 32.3 Å². The van der Waals surface area contributed by atoms with Gasteiger partial charge in [-0.2, -0.15) is 0 Å². The summed E-state index contributed by atoms with van der Waals surface area (Å²) in [6.45, 7) is 2.38. The van der Waals surface area contributed by atoms with E-state index in [0.717, 1.165) is 29.7 Å². The first-order valence-electron chi connectivity index (χ1n) is 8.08. The van der Waals surface area contributed by atoms with Gasteiger partial charge in [-0.3, -0.25) is 0 Å². The number of benzene rings is 1. The van der Waals surface area contributed by atoms with Crippen LogP contribution in [0.3, 0.4) is 0 Å². The normalized spacial score (nSPS) is 34.4. The summed E-state index contributed by atoms with van der Waals surface area (Å²) in [5, 5.41) is 0. The Hall–Kier alpha value is -0.920. The number of halogens is 2. The summed E-state index contributed by atoms with van der Waals surface area (Å²) < 4.78 is 26.5. The zero-order chi connectivity index (χ0) is 14.1. The molecule has 4 unspecified atom stereocenters. The van der Waals surface area contributed by atoms with E-state index in [0.29, 0.717) is 5.92 Å². The Labute approximate surface area is 120 Å². The molecule has 0 radical (unpaired) electrons. The molecule has 2 saturated carbocycles. The molecule has 2 aliphatic rings. The average molecular weight is 278 g/mol. The Balaban J connectivity index is 1.73. The van der Waals surface area contributed by atoms with Gasteiger partial charge in [0.1, 0.15) is 0 Å². The van der Waals surface area contributed by atoms with Gasteiger partial charge in [0.15, 0.2) is 11.6 Å². The van der Waals surface area contributed by atoms with E-state index < -0.39 is 11.6 Å². The van der Waals surface area contributed by atoms with Gasteiger partial charge in [0.05, 0.1) is 0 Å². The molecular formula is C18H24F2. The van der Waals surface area contributed by atoms with Crippen LogP contribution in [0.15, 0.2) is 18.2 Å². The van der Waals surface area contributed by atoms with Gasteiger partial charge in [-0.05, 0) is 67.1 Å². The van der Waals surface area contributed by atoms with Crippen LogP contribution in [0.5, 0.6) is 0 Å². The first kappa shape index (κ1) is 14.0. The largest absolute Gasteiger partial charge is 0.204 e. The zero-order valence-corrected chi connectivity index (χ0v) is 12.2. The molecule has 110 valence electrons. The van der Waals surface area contributed by atoms with E-state index in [4.69, 9.17) is 0 Å². The molecule has 0 amide bonds. The van der Waals surface area contributed by atoms with Crippen LogP contribution < -0.4 is 0 Å². The van der Waals surface area contributed by atoms with Crippen LogP contribution in [0.25, 0.3) is 0 Å². The second kappa shape index (κ2) is 5.83. The van der Waals surface area contributed by atoms with Crippen LogP contribution in [0.2, 0.25) is 0 Å². The maximum absolute atomic E-state index is 13.4. The Morgan fingerprint density at radius 3 is 2.50 bits per heavy atom. The predicted octanol–water partition coefficient (Wildman–Crippen LogP) is 5.67. The molecule has 2 heteroatoms. The zero-order valence-electron chi connectivity index (χ0n) is 12.2. The van der Waals surface area contributed by atoms with Gasteiger partial charge in [0.2, 0.25) is 0 Å². The van der Waals surface area contributed by atoms with Gasteiger partial charge < -0.3 is 0 Å². The third kappa shape index (κ3) is 2.89. The molecule has 0 aromatic heterocycles. The Morgan fingerprint density at radius 2 is 1.70 bits per heavy atom. The minimum absolute atomic E-state index is 0.430. The number of fused-ring (bicyclic) bond motifs is 1. The van der Waals surface area contributed by atoms with Gasteiger partial charge in [0.25, 0.3) is 0 Å². The van der Waals surface area contributed by atoms with Crippen molar-refractivity contribution in [3.05, 3.63) is 35.4 Å². The van der Waals surface area contributed by atoms with E-state index >= 15 is 0 Å². The topological polar surface area (TPSA) is 0 Å². The van der Waals surface area contributed by atoms with Crippen LogP contribution in [-0.4, -0.2) is 0 Å². The fourth-order valence-corrected chi connectivity index (χ4v) is 4.42. The van der Waals surface area contributed by atoms with Crippen LogP contribution >= 0.6 is 0 Å². The fourth-order valence-electron chi connectivity index (χ4n) is 4.42. The summed E-state index contributed by atoms with van der Waals surface area (Å²) in [7, 11) is 0. The van der Waals surface area contributed by atoms with E-state index in [9.17, 15) is 8.78 Å². The summed E-state index contributed by atoms with van der Waals surface area (Å²) in [5.74, 6) is 1.54. The highest BCUT2D eigenvalue weighted by atomic mass is 19.2. The molecule has 1 aromatic carbocycles. The van der Waals surface area contributed by atoms with Crippen LogP contribution in [0.4, 0.5) is 8.78 Å². The van der Waals surface area contributed by atoms with E-state index in [1.54, 1.807) is 6.07 Å². The molecule has 0 saturated heterocycles. The predicted molar refractivity (Wildman–Crippen MR) is 77.6 cm³/mol.